The minimum atomic E-state index is 0.206. The Bertz CT molecular complexity index is 189. The highest BCUT2D eigenvalue weighted by Crippen LogP contribution is 2.11. The Balaban J connectivity index is 4.11. The predicted octanol–water partition coefficient (Wildman–Crippen LogP) is 2.37. The first kappa shape index (κ1) is 16.9. The Hall–Kier alpha value is -0.120. The molecule has 0 rings (SSSR count). The smallest absolute Gasteiger partial charge is 0.0589 e. The monoisotopic (exact) mass is 244 g/mol. The number of hydrogen-bond acceptors (Lipinski definition) is 3. The van der Waals surface area contributed by atoms with Gasteiger partial charge in [-0.3, -0.25) is 4.90 Å². The number of ether oxygens (including phenoxy) is 1. The highest BCUT2D eigenvalue weighted by atomic mass is 16.5. The van der Waals surface area contributed by atoms with Crippen LogP contribution in [0.15, 0.2) is 0 Å². The van der Waals surface area contributed by atoms with Crippen molar-refractivity contribution < 1.29 is 4.74 Å². The molecule has 2 atom stereocenters. The molecular formula is C14H32N2O. The van der Waals surface area contributed by atoms with Crippen LogP contribution in [0, 0.1) is 5.92 Å². The summed E-state index contributed by atoms with van der Waals surface area (Å²) in [6.07, 6.45) is 0. The van der Waals surface area contributed by atoms with Crippen LogP contribution in [-0.2, 0) is 4.74 Å². The first-order chi connectivity index (χ1) is 7.81. The van der Waals surface area contributed by atoms with E-state index in [0.717, 1.165) is 26.2 Å². The number of likely N-dealkylation sites (N-methyl/N-ethyl adjacent to an activating group) is 1. The van der Waals surface area contributed by atoms with Crippen LogP contribution in [0.4, 0.5) is 0 Å². The zero-order valence-electron chi connectivity index (χ0n) is 12.8. The summed E-state index contributed by atoms with van der Waals surface area (Å²) in [5.74, 6) is 0.644. The number of nitrogens with one attached hydrogen (secondary N) is 1. The van der Waals surface area contributed by atoms with Crippen molar-refractivity contribution >= 4 is 0 Å². The van der Waals surface area contributed by atoms with Crippen LogP contribution in [0.3, 0.4) is 0 Å². The molecule has 0 radical (unpaired) electrons. The van der Waals surface area contributed by atoms with Gasteiger partial charge in [0, 0.05) is 25.2 Å². The summed E-state index contributed by atoms with van der Waals surface area (Å²) in [5.41, 5.74) is 0.206. The molecule has 3 nitrogen and oxygen atoms in total. The maximum atomic E-state index is 5.16. The van der Waals surface area contributed by atoms with Crippen molar-refractivity contribution in [2.75, 3.05) is 33.4 Å². The molecule has 17 heavy (non-hydrogen) atoms. The van der Waals surface area contributed by atoms with Crippen LogP contribution >= 0.6 is 0 Å². The van der Waals surface area contributed by atoms with E-state index in [4.69, 9.17) is 4.74 Å². The number of methoxy groups -OCH3 is 1. The zero-order chi connectivity index (χ0) is 13.5. The average Bonchev–Trinajstić information content (AvgIpc) is 2.25. The molecule has 104 valence electrons. The second-order valence-electron chi connectivity index (χ2n) is 5.97. The van der Waals surface area contributed by atoms with Gasteiger partial charge >= 0.3 is 0 Å². The maximum Gasteiger partial charge on any atom is 0.0589 e. The van der Waals surface area contributed by atoms with E-state index in [0.29, 0.717) is 12.0 Å². The van der Waals surface area contributed by atoms with E-state index < -0.39 is 0 Å². The molecule has 0 aromatic carbocycles. The molecule has 0 saturated carbocycles. The second-order valence-corrected chi connectivity index (χ2v) is 5.97. The van der Waals surface area contributed by atoms with E-state index in [-0.39, 0.29) is 5.54 Å². The van der Waals surface area contributed by atoms with E-state index in [2.05, 4.69) is 51.8 Å². The summed E-state index contributed by atoms with van der Waals surface area (Å²) in [4.78, 5) is 2.48. The fourth-order valence-corrected chi connectivity index (χ4v) is 1.86. The van der Waals surface area contributed by atoms with Gasteiger partial charge in [0.2, 0.25) is 0 Å². The van der Waals surface area contributed by atoms with Crippen molar-refractivity contribution in [1.82, 2.24) is 10.2 Å². The van der Waals surface area contributed by atoms with Gasteiger partial charge in [0.1, 0.15) is 0 Å². The van der Waals surface area contributed by atoms with Gasteiger partial charge < -0.3 is 10.1 Å². The molecule has 0 aromatic rings. The predicted molar refractivity (Wildman–Crippen MR) is 75.5 cm³/mol. The van der Waals surface area contributed by atoms with Crippen molar-refractivity contribution in [2.24, 2.45) is 5.92 Å². The van der Waals surface area contributed by atoms with Crippen molar-refractivity contribution in [3.63, 3.8) is 0 Å². The van der Waals surface area contributed by atoms with Crippen molar-refractivity contribution in [3.05, 3.63) is 0 Å². The number of nitrogens with zero attached hydrogens (tertiary/aromatic N) is 1. The molecule has 0 bridgehead atoms. The van der Waals surface area contributed by atoms with Gasteiger partial charge in [-0.1, -0.05) is 13.8 Å². The Kier molecular flexibility index (Phi) is 8.01. The molecule has 0 aliphatic rings. The molecule has 0 saturated heterocycles. The quantitative estimate of drug-likeness (QED) is 0.709. The molecule has 0 aliphatic heterocycles. The molecule has 3 heteroatoms. The van der Waals surface area contributed by atoms with Crippen LogP contribution in [0.5, 0.6) is 0 Å². The summed E-state index contributed by atoms with van der Waals surface area (Å²) in [6.45, 7) is 17.5. The lowest BCUT2D eigenvalue weighted by Crippen LogP contribution is -2.46. The Labute approximate surface area is 108 Å². The Morgan fingerprint density at radius 3 is 2.24 bits per heavy atom. The van der Waals surface area contributed by atoms with E-state index in [1.165, 1.54) is 0 Å². The molecule has 0 aliphatic carbocycles. The zero-order valence-corrected chi connectivity index (χ0v) is 12.8. The lowest BCUT2D eigenvalue weighted by atomic mass is 10.00. The summed E-state index contributed by atoms with van der Waals surface area (Å²) in [6, 6.07) is 0.588. The van der Waals surface area contributed by atoms with Crippen LogP contribution in [0.25, 0.3) is 0 Å². The van der Waals surface area contributed by atoms with Gasteiger partial charge in [-0.05, 0) is 46.7 Å². The van der Waals surface area contributed by atoms with Crippen molar-refractivity contribution in [2.45, 2.75) is 53.1 Å². The Morgan fingerprint density at radius 2 is 1.82 bits per heavy atom. The van der Waals surface area contributed by atoms with Crippen LogP contribution in [0.1, 0.15) is 41.5 Å². The van der Waals surface area contributed by atoms with Crippen LogP contribution < -0.4 is 5.32 Å². The van der Waals surface area contributed by atoms with Gasteiger partial charge in [0.15, 0.2) is 0 Å². The van der Waals surface area contributed by atoms with Crippen molar-refractivity contribution in [3.8, 4) is 0 Å². The topological polar surface area (TPSA) is 24.5 Å². The van der Waals surface area contributed by atoms with Gasteiger partial charge in [-0.2, -0.15) is 0 Å². The lowest BCUT2D eigenvalue weighted by molar-refractivity contribution is 0.106. The Morgan fingerprint density at radius 1 is 1.24 bits per heavy atom. The van der Waals surface area contributed by atoms with Crippen LogP contribution in [-0.4, -0.2) is 49.8 Å². The second kappa shape index (κ2) is 8.06. The third kappa shape index (κ3) is 7.74. The largest absolute Gasteiger partial charge is 0.383 e. The standard InChI is InChI=1S/C14H32N2O/c1-8-16(9-10-17-7)13(3)12(2)11-15-14(4,5)6/h12-13,15H,8-11H2,1-7H3. The molecule has 2 unspecified atom stereocenters. The first-order valence-electron chi connectivity index (χ1n) is 6.79. The fourth-order valence-electron chi connectivity index (χ4n) is 1.86. The highest BCUT2D eigenvalue weighted by molar-refractivity contribution is 4.78. The molecule has 0 aromatic heterocycles. The molecule has 0 amide bonds. The van der Waals surface area contributed by atoms with Gasteiger partial charge in [0.25, 0.3) is 0 Å². The number of rotatable bonds is 8. The average molecular weight is 244 g/mol. The lowest BCUT2D eigenvalue weighted by Gasteiger charge is -2.34. The van der Waals surface area contributed by atoms with E-state index in [9.17, 15) is 0 Å². The summed E-state index contributed by atoms with van der Waals surface area (Å²) >= 11 is 0. The highest BCUT2D eigenvalue weighted by Gasteiger charge is 2.20. The summed E-state index contributed by atoms with van der Waals surface area (Å²) in [5, 5.41) is 3.58. The summed E-state index contributed by atoms with van der Waals surface area (Å²) < 4.78 is 5.16. The van der Waals surface area contributed by atoms with Gasteiger partial charge in [0.05, 0.1) is 6.61 Å². The van der Waals surface area contributed by atoms with E-state index in [1.54, 1.807) is 7.11 Å². The van der Waals surface area contributed by atoms with Gasteiger partial charge in [-0.25, -0.2) is 0 Å². The summed E-state index contributed by atoms with van der Waals surface area (Å²) in [7, 11) is 1.77. The first-order valence-corrected chi connectivity index (χ1v) is 6.79. The normalized spacial score (nSPS) is 16.2. The van der Waals surface area contributed by atoms with Crippen molar-refractivity contribution in [1.29, 1.82) is 0 Å². The minimum absolute atomic E-state index is 0.206. The van der Waals surface area contributed by atoms with Gasteiger partial charge in [-0.15, -0.1) is 0 Å². The third-order valence-electron chi connectivity index (χ3n) is 3.34. The maximum absolute atomic E-state index is 5.16. The van der Waals surface area contributed by atoms with E-state index in [1.807, 2.05) is 0 Å². The van der Waals surface area contributed by atoms with E-state index >= 15 is 0 Å². The molecule has 1 N–H and O–H groups in total. The van der Waals surface area contributed by atoms with Crippen LogP contribution in [0.2, 0.25) is 0 Å². The molecular weight excluding hydrogens is 212 g/mol. The number of hydrogen-bond donors (Lipinski definition) is 1. The molecule has 0 fully saturated rings. The molecule has 0 heterocycles. The molecule has 0 spiro atoms. The fraction of sp³-hybridized carbons (Fsp3) is 1.00. The minimum Gasteiger partial charge on any atom is -0.383 e. The SMILES string of the molecule is CCN(CCOC)C(C)C(C)CNC(C)(C)C. The third-order valence-corrected chi connectivity index (χ3v) is 3.34.